The zero-order valence-electron chi connectivity index (χ0n) is 11.5. The Kier molecular flexibility index (Phi) is 5.62. The van der Waals surface area contributed by atoms with Gasteiger partial charge in [-0.1, -0.05) is 11.6 Å². The fraction of sp³-hybridized carbons (Fsp3) is 0.333. The topological polar surface area (TPSA) is 53.3 Å². The number of amides is 1. The van der Waals surface area contributed by atoms with Gasteiger partial charge in [-0.2, -0.15) is 5.26 Å². The van der Waals surface area contributed by atoms with Crippen molar-refractivity contribution in [3.05, 3.63) is 35.4 Å². The minimum Gasteiger partial charge on any atom is -0.496 e. The summed E-state index contributed by atoms with van der Waals surface area (Å²) in [5, 5.41) is 8.48. The summed E-state index contributed by atoms with van der Waals surface area (Å²) in [5.74, 6) is 0.605. The Morgan fingerprint density at radius 2 is 2.26 bits per heavy atom. The van der Waals surface area contributed by atoms with E-state index in [1.165, 1.54) is 11.0 Å². The molecular weight excluding hydrogens is 240 g/mol. The van der Waals surface area contributed by atoms with Crippen LogP contribution in [0, 0.1) is 18.3 Å². The number of aryl methyl sites for hydroxylation is 1. The van der Waals surface area contributed by atoms with Crippen molar-refractivity contribution < 1.29 is 9.53 Å². The number of ether oxygens (including phenoxy) is 1. The highest BCUT2D eigenvalue weighted by Gasteiger charge is 2.05. The molecule has 0 aliphatic carbocycles. The van der Waals surface area contributed by atoms with Gasteiger partial charge in [0, 0.05) is 25.2 Å². The van der Waals surface area contributed by atoms with E-state index >= 15 is 0 Å². The van der Waals surface area contributed by atoms with Gasteiger partial charge in [0.2, 0.25) is 5.91 Å². The predicted molar refractivity (Wildman–Crippen MR) is 74.6 cm³/mol. The molecule has 0 saturated heterocycles. The number of benzene rings is 1. The van der Waals surface area contributed by atoms with E-state index in [0.717, 1.165) is 16.9 Å². The third kappa shape index (κ3) is 4.47. The van der Waals surface area contributed by atoms with E-state index in [1.54, 1.807) is 20.2 Å². The van der Waals surface area contributed by atoms with Gasteiger partial charge in [0.15, 0.2) is 0 Å². The molecule has 0 fully saturated rings. The summed E-state index contributed by atoms with van der Waals surface area (Å²) in [6.07, 6.45) is 3.57. The number of carbonyl (C=O) groups is 1. The lowest BCUT2D eigenvalue weighted by Gasteiger charge is -2.12. The summed E-state index contributed by atoms with van der Waals surface area (Å²) in [4.78, 5) is 13.3. The molecule has 0 radical (unpaired) electrons. The van der Waals surface area contributed by atoms with Crippen molar-refractivity contribution >= 4 is 12.0 Å². The van der Waals surface area contributed by atoms with Crippen LogP contribution < -0.4 is 4.74 Å². The lowest BCUT2D eigenvalue weighted by molar-refractivity contribution is -0.124. The molecule has 0 aliphatic heterocycles. The van der Waals surface area contributed by atoms with Crippen LogP contribution in [-0.2, 0) is 4.79 Å². The van der Waals surface area contributed by atoms with Gasteiger partial charge in [-0.05, 0) is 25.1 Å². The monoisotopic (exact) mass is 258 g/mol. The lowest BCUT2D eigenvalue weighted by Crippen LogP contribution is -2.25. The highest BCUT2D eigenvalue weighted by Crippen LogP contribution is 2.20. The molecule has 0 unspecified atom stereocenters. The summed E-state index contributed by atoms with van der Waals surface area (Å²) < 4.78 is 5.24. The second-order valence-electron chi connectivity index (χ2n) is 4.25. The van der Waals surface area contributed by atoms with Crippen LogP contribution >= 0.6 is 0 Å². The van der Waals surface area contributed by atoms with Crippen LogP contribution in [0.3, 0.4) is 0 Å². The van der Waals surface area contributed by atoms with Crippen molar-refractivity contribution in [1.29, 1.82) is 5.26 Å². The van der Waals surface area contributed by atoms with Crippen LogP contribution in [-0.4, -0.2) is 31.5 Å². The van der Waals surface area contributed by atoms with Crippen LogP contribution in [0.4, 0.5) is 0 Å². The molecule has 4 heteroatoms. The molecule has 0 aromatic heterocycles. The third-order valence-electron chi connectivity index (χ3n) is 2.73. The summed E-state index contributed by atoms with van der Waals surface area (Å²) in [6, 6.07) is 7.80. The largest absolute Gasteiger partial charge is 0.496 e. The van der Waals surface area contributed by atoms with Gasteiger partial charge in [-0.25, -0.2) is 0 Å². The summed E-state index contributed by atoms with van der Waals surface area (Å²) in [6.45, 7) is 2.42. The van der Waals surface area contributed by atoms with Crippen molar-refractivity contribution in [2.24, 2.45) is 0 Å². The Hall–Kier alpha value is -2.28. The number of likely N-dealkylation sites (N-methyl/N-ethyl adjacent to an activating group) is 1. The Morgan fingerprint density at radius 3 is 2.89 bits per heavy atom. The average molecular weight is 258 g/mol. The van der Waals surface area contributed by atoms with E-state index in [9.17, 15) is 4.79 Å². The molecular formula is C15H18N2O2. The molecule has 0 spiro atoms. The quantitative estimate of drug-likeness (QED) is 0.762. The van der Waals surface area contributed by atoms with E-state index in [2.05, 4.69) is 0 Å². The molecule has 1 aromatic carbocycles. The first kappa shape index (κ1) is 14.8. The minimum atomic E-state index is -0.126. The number of rotatable bonds is 5. The number of hydrogen-bond donors (Lipinski definition) is 0. The molecule has 0 N–H and O–H groups in total. The lowest BCUT2D eigenvalue weighted by atomic mass is 10.1. The van der Waals surface area contributed by atoms with Crippen LogP contribution in [0.2, 0.25) is 0 Å². The summed E-state index contributed by atoms with van der Waals surface area (Å²) >= 11 is 0. The molecule has 1 amide bonds. The maximum atomic E-state index is 11.8. The normalized spacial score (nSPS) is 10.2. The first-order chi connectivity index (χ1) is 9.08. The molecule has 0 heterocycles. The van der Waals surface area contributed by atoms with Gasteiger partial charge in [-0.15, -0.1) is 0 Å². The second-order valence-corrected chi connectivity index (χ2v) is 4.25. The zero-order chi connectivity index (χ0) is 14.3. The molecule has 1 aromatic rings. The molecule has 1 rings (SSSR count). The average Bonchev–Trinajstić information content (AvgIpc) is 2.42. The SMILES string of the molecule is COc1ccc(C)cc1/C=C/C(=O)N(C)CCC#N. The maximum Gasteiger partial charge on any atom is 0.246 e. The Bertz CT molecular complexity index is 515. The zero-order valence-corrected chi connectivity index (χ0v) is 11.5. The van der Waals surface area contributed by atoms with E-state index in [1.807, 2.05) is 31.2 Å². The van der Waals surface area contributed by atoms with E-state index in [4.69, 9.17) is 10.00 Å². The van der Waals surface area contributed by atoms with Crippen molar-refractivity contribution in [3.8, 4) is 11.8 Å². The highest BCUT2D eigenvalue weighted by atomic mass is 16.5. The first-order valence-electron chi connectivity index (χ1n) is 6.03. The molecule has 4 nitrogen and oxygen atoms in total. The van der Waals surface area contributed by atoms with Crippen LogP contribution in [0.5, 0.6) is 5.75 Å². The van der Waals surface area contributed by atoms with Crippen LogP contribution in [0.1, 0.15) is 17.5 Å². The number of nitriles is 1. The fourth-order valence-corrected chi connectivity index (χ4v) is 1.60. The third-order valence-corrected chi connectivity index (χ3v) is 2.73. The standard InChI is InChI=1S/C15H18N2O2/c1-12-5-7-14(19-3)13(11-12)6-8-15(18)17(2)10-4-9-16/h5-8,11H,4,10H2,1-3H3/b8-6+. The number of hydrogen-bond acceptors (Lipinski definition) is 3. The molecule has 0 atom stereocenters. The molecule has 19 heavy (non-hydrogen) atoms. The van der Waals surface area contributed by atoms with Gasteiger partial charge in [0.25, 0.3) is 0 Å². The van der Waals surface area contributed by atoms with Gasteiger partial charge in [0.1, 0.15) is 5.75 Å². The molecule has 100 valence electrons. The highest BCUT2D eigenvalue weighted by molar-refractivity contribution is 5.92. The number of nitrogens with zero attached hydrogens (tertiary/aromatic N) is 2. The predicted octanol–water partition coefficient (Wildman–Crippen LogP) is 2.39. The van der Waals surface area contributed by atoms with Crippen molar-refractivity contribution in [3.63, 3.8) is 0 Å². The molecule has 0 bridgehead atoms. The van der Waals surface area contributed by atoms with Gasteiger partial charge < -0.3 is 9.64 Å². The van der Waals surface area contributed by atoms with Crippen molar-refractivity contribution in [2.45, 2.75) is 13.3 Å². The van der Waals surface area contributed by atoms with Crippen molar-refractivity contribution in [2.75, 3.05) is 20.7 Å². The number of methoxy groups -OCH3 is 1. The van der Waals surface area contributed by atoms with Crippen molar-refractivity contribution in [1.82, 2.24) is 4.90 Å². The summed E-state index contributed by atoms with van der Waals surface area (Å²) in [5.41, 5.74) is 1.97. The fourth-order valence-electron chi connectivity index (χ4n) is 1.60. The van der Waals surface area contributed by atoms with Crippen LogP contribution in [0.15, 0.2) is 24.3 Å². The van der Waals surface area contributed by atoms with E-state index < -0.39 is 0 Å². The molecule has 0 aliphatic rings. The van der Waals surface area contributed by atoms with E-state index in [-0.39, 0.29) is 5.91 Å². The molecule has 0 saturated carbocycles. The van der Waals surface area contributed by atoms with Crippen LogP contribution in [0.25, 0.3) is 6.08 Å². The Balaban J connectivity index is 2.78. The van der Waals surface area contributed by atoms with Gasteiger partial charge in [0.05, 0.1) is 19.6 Å². The number of carbonyl (C=O) groups excluding carboxylic acids is 1. The second kappa shape index (κ2) is 7.22. The first-order valence-corrected chi connectivity index (χ1v) is 6.03. The van der Waals surface area contributed by atoms with Gasteiger partial charge >= 0.3 is 0 Å². The smallest absolute Gasteiger partial charge is 0.246 e. The van der Waals surface area contributed by atoms with Gasteiger partial charge in [-0.3, -0.25) is 4.79 Å². The Morgan fingerprint density at radius 1 is 1.53 bits per heavy atom. The summed E-state index contributed by atoms with van der Waals surface area (Å²) in [7, 11) is 3.28. The Labute approximate surface area is 113 Å². The maximum absolute atomic E-state index is 11.8. The minimum absolute atomic E-state index is 0.126. The van der Waals surface area contributed by atoms with E-state index in [0.29, 0.717) is 13.0 Å².